The molecule has 0 bridgehead atoms. The first-order chi connectivity index (χ1) is 13.8. The lowest BCUT2D eigenvalue weighted by Gasteiger charge is -2.20. The molecule has 29 heavy (non-hydrogen) atoms. The summed E-state index contributed by atoms with van der Waals surface area (Å²) in [6.07, 6.45) is 3.88. The van der Waals surface area contributed by atoms with Crippen LogP contribution < -0.4 is 5.32 Å². The monoisotopic (exact) mass is 414 g/mol. The number of sulfonamides is 1. The molecule has 1 atom stereocenters. The Morgan fingerprint density at radius 3 is 2.34 bits per heavy atom. The quantitative estimate of drug-likeness (QED) is 0.790. The number of aryl methyl sites for hydroxylation is 2. The molecule has 0 spiro atoms. The molecule has 1 amide bonds. The van der Waals surface area contributed by atoms with Crippen molar-refractivity contribution in [3.05, 3.63) is 64.7 Å². The summed E-state index contributed by atoms with van der Waals surface area (Å²) in [4.78, 5) is 13.0. The number of carbonyl (C=O) groups is 1. The highest BCUT2D eigenvalue weighted by molar-refractivity contribution is 7.89. The van der Waals surface area contributed by atoms with E-state index in [0.717, 1.165) is 36.8 Å². The summed E-state index contributed by atoms with van der Waals surface area (Å²) >= 11 is 0. The Hall–Kier alpha value is -2.18. The van der Waals surface area contributed by atoms with Crippen molar-refractivity contribution in [2.45, 2.75) is 57.4 Å². The van der Waals surface area contributed by atoms with Crippen molar-refractivity contribution in [2.75, 3.05) is 13.1 Å². The third kappa shape index (κ3) is 5.06. The maximum Gasteiger partial charge on any atom is 0.251 e. The molecule has 2 aromatic carbocycles. The van der Waals surface area contributed by atoms with E-state index in [9.17, 15) is 13.2 Å². The minimum Gasteiger partial charge on any atom is -0.346 e. The fourth-order valence-corrected chi connectivity index (χ4v) is 5.46. The van der Waals surface area contributed by atoms with E-state index in [4.69, 9.17) is 0 Å². The van der Waals surface area contributed by atoms with Gasteiger partial charge in [0.15, 0.2) is 0 Å². The topological polar surface area (TPSA) is 66.5 Å². The fraction of sp³-hybridized carbons (Fsp3) is 0.435. The summed E-state index contributed by atoms with van der Waals surface area (Å²) in [5.74, 6) is -0.273. The van der Waals surface area contributed by atoms with E-state index in [1.165, 1.54) is 11.6 Å². The summed E-state index contributed by atoms with van der Waals surface area (Å²) in [5, 5.41) is 2.99. The molecule has 5 nitrogen and oxygen atoms in total. The van der Waals surface area contributed by atoms with Gasteiger partial charge in [-0.1, -0.05) is 42.7 Å². The van der Waals surface area contributed by atoms with Crippen LogP contribution in [-0.4, -0.2) is 31.7 Å². The second-order valence-corrected chi connectivity index (χ2v) is 9.84. The number of rotatable bonds is 5. The van der Waals surface area contributed by atoms with Gasteiger partial charge in [-0.25, -0.2) is 8.42 Å². The lowest BCUT2D eigenvalue weighted by atomic mass is 10.00. The molecular weight excluding hydrogens is 384 g/mol. The summed E-state index contributed by atoms with van der Waals surface area (Å²) in [6, 6.07) is 12.3. The molecule has 0 unspecified atom stereocenters. The van der Waals surface area contributed by atoms with Crippen LogP contribution in [-0.2, 0) is 10.0 Å². The van der Waals surface area contributed by atoms with Crippen LogP contribution in [0.1, 0.15) is 65.7 Å². The van der Waals surface area contributed by atoms with Crippen LogP contribution in [0.3, 0.4) is 0 Å². The molecule has 0 aliphatic carbocycles. The van der Waals surface area contributed by atoms with Gasteiger partial charge >= 0.3 is 0 Å². The molecule has 1 aliphatic heterocycles. The highest BCUT2D eigenvalue weighted by Gasteiger charge is 2.26. The molecule has 1 N–H and O–H groups in total. The molecule has 2 aromatic rings. The first-order valence-electron chi connectivity index (χ1n) is 10.3. The normalized spacial score (nSPS) is 16.8. The van der Waals surface area contributed by atoms with E-state index in [-0.39, 0.29) is 16.8 Å². The van der Waals surface area contributed by atoms with Crippen LogP contribution in [0.2, 0.25) is 0 Å². The Morgan fingerprint density at radius 2 is 1.69 bits per heavy atom. The standard InChI is InChI=1S/C23H30N2O3S/c1-17-11-12-22(18(2)15-17)19(3)24-23(26)20-9-8-10-21(16-20)29(27,28)25-13-6-4-5-7-14-25/h8-12,15-16,19H,4-7,13-14H2,1-3H3,(H,24,26)/t19-/m0/s1. The Bertz CT molecular complexity index is 977. The third-order valence-corrected chi connectivity index (χ3v) is 7.43. The highest BCUT2D eigenvalue weighted by Crippen LogP contribution is 2.22. The van der Waals surface area contributed by atoms with E-state index in [1.807, 2.05) is 32.9 Å². The van der Waals surface area contributed by atoms with E-state index >= 15 is 0 Å². The van der Waals surface area contributed by atoms with E-state index < -0.39 is 10.0 Å². The molecule has 156 valence electrons. The SMILES string of the molecule is Cc1ccc([C@H](C)NC(=O)c2cccc(S(=O)(=O)N3CCCCCC3)c2)c(C)c1. The molecule has 0 aromatic heterocycles. The average molecular weight is 415 g/mol. The van der Waals surface area contributed by atoms with Gasteiger partial charge < -0.3 is 5.32 Å². The van der Waals surface area contributed by atoms with E-state index in [1.54, 1.807) is 22.5 Å². The second-order valence-electron chi connectivity index (χ2n) is 7.90. The van der Waals surface area contributed by atoms with Gasteiger partial charge in [-0.3, -0.25) is 4.79 Å². The lowest BCUT2D eigenvalue weighted by Crippen LogP contribution is -2.32. The fourth-order valence-electron chi connectivity index (χ4n) is 3.90. The molecule has 1 fully saturated rings. The minimum atomic E-state index is -3.58. The van der Waals surface area contributed by atoms with Crippen molar-refractivity contribution in [1.82, 2.24) is 9.62 Å². The van der Waals surface area contributed by atoms with Gasteiger partial charge in [0.2, 0.25) is 10.0 Å². The largest absolute Gasteiger partial charge is 0.346 e. The van der Waals surface area contributed by atoms with Crippen LogP contribution in [0.15, 0.2) is 47.4 Å². The first-order valence-corrected chi connectivity index (χ1v) is 11.7. The molecule has 0 saturated carbocycles. The Kier molecular flexibility index (Phi) is 6.75. The zero-order valence-corrected chi connectivity index (χ0v) is 18.3. The zero-order chi connectivity index (χ0) is 21.0. The van der Waals surface area contributed by atoms with E-state index in [2.05, 4.69) is 11.4 Å². The summed E-state index contributed by atoms with van der Waals surface area (Å²) in [5.41, 5.74) is 3.71. The number of benzene rings is 2. The van der Waals surface area contributed by atoms with Gasteiger partial charge in [0.05, 0.1) is 10.9 Å². The van der Waals surface area contributed by atoms with Gasteiger partial charge in [0.25, 0.3) is 5.91 Å². The highest BCUT2D eigenvalue weighted by atomic mass is 32.2. The predicted octanol–water partition coefficient (Wildman–Crippen LogP) is 4.36. The van der Waals surface area contributed by atoms with Crippen LogP contribution in [0.25, 0.3) is 0 Å². The van der Waals surface area contributed by atoms with Gasteiger partial charge in [-0.05, 0) is 62.9 Å². The van der Waals surface area contributed by atoms with E-state index in [0.29, 0.717) is 18.7 Å². The minimum absolute atomic E-state index is 0.172. The van der Waals surface area contributed by atoms with Gasteiger partial charge in [0, 0.05) is 18.7 Å². The smallest absolute Gasteiger partial charge is 0.251 e. The van der Waals surface area contributed by atoms with Gasteiger partial charge in [-0.2, -0.15) is 4.31 Å². The van der Waals surface area contributed by atoms with Crippen LogP contribution >= 0.6 is 0 Å². The molecule has 1 aliphatic rings. The molecule has 1 heterocycles. The maximum absolute atomic E-state index is 13.0. The van der Waals surface area contributed by atoms with Crippen LogP contribution in [0, 0.1) is 13.8 Å². The number of nitrogens with zero attached hydrogens (tertiary/aromatic N) is 1. The van der Waals surface area contributed by atoms with Crippen LogP contribution in [0.4, 0.5) is 0 Å². The maximum atomic E-state index is 13.0. The molecule has 1 saturated heterocycles. The van der Waals surface area contributed by atoms with Crippen molar-refractivity contribution in [1.29, 1.82) is 0 Å². The van der Waals surface area contributed by atoms with Crippen molar-refractivity contribution in [3.8, 4) is 0 Å². The Labute approximate surface area is 174 Å². The molecular formula is C23H30N2O3S. The first kappa shape index (κ1) is 21.5. The summed E-state index contributed by atoms with van der Waals surface area (Å²) in [7, 11) is -3.58. The number of nitrogens with one attached hydrogen (secondary N) is 1. The van der Waals surface area contributed by atoms with Gasteiger partial charge in [0.1, 0.15) is 0 Å². The van der Waals surface area contributed by atoms with Crippen molar-refractivity contribution < 1.29 is 13.2 Å². The number of carbonyl (C=O) groups excluding carboxylic acids is 1. The molecule has 6 heteroatoms. The average Bonchev–Trinajstić information content (AvgIpc) is 2.98. The Morgan fingerprint density at radius 1 is 1.00 bits per heavy atom. The third-order valence-electron chi connectivity index (χ3n) is 5.54. The zero-order valence-electron chi connectivity index (χ0n) is 17.4. The number of hydrogen-bond donors (Lipinski definition) is 1. The van der Waals surface area contributed by atoms with Crippen molar-refractivity contribution >= 4 is 15.9 Å². The Balaban J connectivity index is 1.78. The lowest BCUT2D eigenvalue weighted by molar-refractivity contribution is 0.0939. The summed E-state index contributed by atoms with van der Waals surface area (Å²) in [6.45, 7) is 7.09. The van der Waals surface area contributed by atoms with Crippen LogP contribution in [0.5, 0.6) is 0 Å². The molecule has 3 rings (SSSR count). The number of hydrogen-bond acceptors (Lipinski definition) is 3. The van der Waals surface area contributed by atoms with Gasteiger partial charge in [-0.15, -0.1) is 0 Å². The summed E-state index contributed by atoms with van der Waals surface area (Å²) < 4.78 is 27.6. The predicted molar refractivity (Wildman–Crippen MR) is 115 cm³/mol. The van der Waals surface area contributed by atoms with Crippen molar-refractivity contribution in [3.63, 3.8) is 0 Å². The van der Waals surface area contributed by atoms with Crippen molar-refractivity contribution in [2.24, 2.45) is 0 Å². The second kappa shape index (κ2) is 9.09. The molecule has 0 radical (unpaired) electrons. The number of amides is 1.